The lowest BCUT2D eigenvalue weighted by Gasteiger charge is -2.12. The minimum Gasteiger partial charge on any atom is -0.370 e. The lowest BCUT2D eigenvalue weighted by molar-refractivity contribution is 0.595. The third-order valence-corrected chi connectivity index (χ3v) is 2.71. The molecule has 0 aromatic carbocycles. The van der Waals surface area contributed by atoms with Gasteiger partial charge in [0.05, 0.1) is 0 Å². The molecule has 90 valence electrons. The molecule has 1 rings (SSSR count). The van der Waals surface area contributed by atoms with Gasteiger partial charge in [-0.1, -0.05) is 13.8 Å². The van der Waals surface area contributed by atoms with Crippen LogP contribution in [0.1, 0.15) is 31.8 Å². The van der Waals surface area contributed by atoms with E-state index >= 15 is 0 Å². The molecule has 1 unspecified atom stereocenters. The van der Waals surface area contributed by atoms with Gasteiger partial charge in [0.2, 0.25) is 0 Å². The molecule has 0 bridgehead atoms. The fourth-order valence-corrected chi connectivity index (χ4v) is 1.84. The average Bonchev–Trinajstić information content (AvgIpc) is 2.26. The van der Waals surface area contributed by atoms with E-state index in [1.54, 1.807) is 0 Å². The highest BCUT2D eigenvalue weighted by Crippen LogP contribution is 2.09. The van der Waals surface area contributed by atoms with Crippen LogP contribution >= 0.6 is 11.6 Å². The first-order chi connectivity index (χ1) is 7.65. The molecule has 0 aliphatic heterocycles. The van der Waals surface area contributed by atoms with E-state index in [1.165, 1.54) is 0 Å². The Balaban J connectivity index is 2.56. The standard InChI is InChI=1S/C12H20ClN3/c1-4-11-7-12(16-10(3)15-11)14-8-9(2)5-6-13/h7,9H,4-6,8H2,1-3H3,(H,14,15,16). The summed E-state index contributed by atoms with van der Waals surface area (Å²) in [5.74, 6) is 3.03. The van der Waals surface area contributed by atoms with E-state index in [0.717, 1.165) is 36.7 Å². The van der Waals surface area contributed by atoms with Crippen LogP contribution in [-0.2, 0) is 6.42 Å². The number of nitrogens with one attached hydrogen (secondary N) is 1. The molecule has 16 heavy (non-hydrogen) atoms. The van der Waals surface area contributed by atoms with E-state index in [9.17, 15) is 0 Å². The molecule has 0 amide bonds. The molecule has 0 aliphatic carbocycles. The maximum absolute atomic E-state index is 5.70. The molecule has 0 saturated carbocycles. The molecule has 3 nitrogen and oxygen atoms in total. The molecule has 0 spiro atoms. The Bertz CT molecular complexity index is 328. The van der Waals surface area contributed by atoms with Crippen LogP contribution in [0.2, 0.25) is 0 Å². The van der Waals surface area contributed by atoms with Gasteiger partial charge in [-0.05, 0) is 25.7 Å². The van der Waals surface area contributed by atoms with Crippen molar-refractivity contribution in [3.05, 3.63) is 17.6 Å². The van der Waals surface area contributed by atoms with E-state index in [4.69, 9.17) is 11.6 Å². The highest BCUT2D eigenvalue weighted by atomic mass is 35.5. The fraction of sp³-hybridized carbons (Fsp3) is 0.667. The SMILES string of the molecule is CCc1cc(NCC(C)CCCl)nc(C)n1. The molecule has 0 aliphatic rings. The predicted octanol–water partition coefficient (Wildman–Crippen LogP) is 3.02. The van der Waals surface area contributed by atoms with Gasteiger partial charge in [-0.3, -0.25) is 0 Å². The topological polar surface area (TPSA) is 37.8 Å². The van der Waals surface area contributed by atoms with Gasteiger partial charge in [-0.25, -0.2) is 9.97 Å². The van der Waals surface area contributed by atoms with Crippen molar-refractivity contribution in [1.82, 2.24) is 9.97 Å². The average molecular weight is 242 g/mol. The Morgan fingerprint density at radius 1 is 1.44 bits per heavy atom. The number of aromatic nitrogens is 2. The van der Waals surface area contributed by atoms with Crippen molar-refractivity contribution in [3.8, 4) is 0 Å². The summed E-state index contributed by atoms with van der Waals surface area (Å²) in [5.41, 5.74) is 1.08. The zero-order chi connectivity index (χ0) is 12.0. The van der Waals surface area contributed by atoms with Gasteiger partial charge in [-0.2, -0.15) is 0 Å². The fourth-order valence-electron chi connectivity index (χ4n) is 1.47. The number of nitrogens with zero attached hydrogens (tertiary/aromatic N) is 2. The second-order valence-electron chi connectivity index (χ2n) is 4.11. The number of rotatable bonds is 6. The molecule has 0 radical (unpaired) electrons. The van der Waals surface area contributed by atoms with Gasteiger partial charge >= 0.3 is 0 Å². The monoisotopic (exact) mass is 241 g/mol. The molecular formula is C12H20ClN3. The lowest BCUT2D eigenvalue weighted by Crippen LogP contribution is -2.13. The van der Waals surface area contributed by atoms with Crippen LogP contribution in [0.5, 0.6) is 0 Å². The van der Waals surface area contributed by atoms with Gasteiger partial charge in [0.25, 0.3) is 0 Å². The van der Waals surface area contributed by atoms with Gasteiger partial charge in [-0.15, -0.1) is 11.6 Å². The Kier molecular flexibility index (Phi) is 5.53. The number of halogens is 1. The second-order valence-corrected chi connectivity index (χ2v) is 4.49. The van der Waals surface area contributed by atoms with Crippen LogP contribution in [0.25, 0.3) is 0 Å². The van der Waals surface area contributed by atoms with Gasteiger partial charge < -0.3 is 5.32 Å². The summed E-state index contributed by atoms with van der Waals surface area (Å²) in [6, 6.07) is 2.01. The second kappa shape index (κ2) is 6.69. The van der Waals surface area contributed by atoms with Gasteiger partial charge in [0, 0.05) is 24.2 Å². The summed E-state index contributed by atoms with van der Waals surface area (Å²) in [7, 11) is 0. The first kappa shape index (κ1) is 13.2. The molecule has 1 atom stereocenters. The maximum Gasteiger partial charge on any atom is 0.129 e. The Morgan fingerprint density at radius 2 is 2.19 bits per heavy atom. The maximum atomic E-state index is 5.70. The lowest BCUT2D eigenvalue weighted by atomic mass is 10.1. The number of hydrogen-bond donors (Lipinski definition) is 1. The molecule has 4 heteroatoms. The summed E-state index contributed by atoms with van der Waals surface area (Å²) in [4.78, 5) is 8.70. The first-order valence-corrected chi connectivity index (χ1v) is 6.33. The van der Waals surface area contributed by atoms with Crippen molar-refractivity contribution in [3.63, 3.8) is 0 Å². The molecule has 1 aromatic heterocycles. The molecule has 1 N–H and O–H groups in total. The summed E-state index contributed by atoms with van der Waals surface area (Å²) in [6.07, 6.45) is 1.97. The van der Waals surface area contributed by atoms with Crippen LogP contribution in [0.3, 0.4) is 0 Å². The summed E-state index contributed by atoms with van der Waals surface area (Å²) in [6.45, 7) is 7.12. The number of alkyl halides is 1. The summed E-state index contributed by atoms with van der Waals surface area (Å²) in [5, 5.41) is 3.34. The van der Waals surface area contributed by atoms with Crippen LogP contribution in [-0.4, -0.2) is 22.4 Å². The zero-order valence-electron chi connectivity index (χ0n) is 10.3. The molecule has 1 heterocycles. The van der Waals surface area contributed by atoms with Crippen molar-refractivity contribution < 1.29 is 0 Å². The molecule has 0 saturated heterocycles. The normalized spacial score (nSPS) is 12.5. The molecule has 1 aromatic rings. The Hall–Kier alpha value is -0.830. The smallest absolute Gasteiger partial charge is 0.129 e. The highest BCUT2D eigenvalue weighted by Gasteiger charge is 2.03. The Morgan fingerprint density at radius 3 is 2.81 bits per heavy atom. The van der Waals surface area contributed by atoms with Crippen molar-refractivity contribution in [2.24, 2.45) is 5.92 Å². The van der Waals surface area contributed by atoms with E-state index < -0.39 is 0 Å². The zero-order valence-corrected chi connectivity index (χ0v) is 11.0. The quantitative estimate of drug-likeness (QED) is 0.778. The van der Waals surface area contributed by atoms with Crippen molar-refractivity contribution in [2.45, 2.75) is 33.6 Å². The van der Waals surface area contributed by atoms with Crippen LogP contribution in [0.15, 0.2) is 6.07 Å². The summed E-state index contributed by atoms with van der Waals surface area (Å²) < 4.78 is 0. The van der Waals surface area contributed by atoms with Crippen LogP contribution < -0.4 is 5.32 Å². The van der Waals surface area contributed by atoms with Crippen LogP contribution in [0.4, 0.5) is 5.82 Å². The third-order valence-electron chi connectivity index (χ3n) is 2.49. The van der Waals surface area contributed by atoms with E-state index in [2.05, 4.69) is 29.1 Å². The van der Waals surface area contributed by atoms with E-state index in [-0.39, 0.29) is 0 Å². The number of hydrogen-bond acceptors (Lipinski definition) is 3. The third kappa shape index (κ3) is 4.35. The first-order valence-electron chi connectivity index (χ1n) is 5.80. The van der Waals surface area contributed by atoms with Crippen LogP contribution in [0, 0.1) is 12.8 Å². The Labute approximate surface area is 103 Å². The van der Waals surface area contributed by atoms with Gasteiger partial charge in [0.15, 0.2) is 0 Å². The van der Waals surface area contributed by atoms with Crippen molar-refractivity contribution >= 4 is 17.4 Å². The minimum absolute atomic E-state index is 0.567. The number of anilines is 1. The molecule has 0 fully saturated rings. The largest absolute Gasteiger partial charge is 0.370 e. The summed E-state index contributed by atoms with van der Waals surface area (Å²) >= 11 is 5.70. The van der Waals surface area contributed by atoms with E-state index in [1.807, 2.05) is 13.0 Å². The number of aryl methyl sites for hydroxylation is 2. The predicted molar refractivity (Wildman–Crippen MR) is 69.1 cm³/mol. The highest BCUT2D eigenvalue weighted by molar-refractivity contribution is 6.17. The molecular weight excluding hydrogens is 222 g/mol. The van der Waals surface area contributed by atoms with Crippen molar-refractivity contribution in [2.75, 3.05) is 17.7 Å². The van der Waals surface area contributed by atoms with E-state index in [0.29, 0.717) is 11.8 Å². The van der Waals surface area contributed by atoms with Crippen molar-refractivity contribution in [1.29, 1.82) is 0 Å². The van der Waals surface area contributed by atoms with Gasteiger partial charge in [0.1, 0.15) is 11.6 Å². The minimum atomic E-state index is 0.567.